The molecule has 1 heterocycles. The summed E-state index contributed by atoms with van der Waals surface area (Å²) in [4.78, 5) is 13.1. The minimum atomic E-state index is -1.27. The molecule has 6 nitrogen and oxygen atoms in total. The molecule has 17 heavy (non-hydrogen) atoms. The molecule has 0 aromatic heterocycles. The molecule has 0 amide bonds. The van der Waals surface area contributed by atoms with Crippen molar-refractivity contribution in [2.45, 2.75) is 25.4 Å². The smallest absolute Gasteiger partial charge is 0.289 e. The van der Waals surface area contributed by atoms with E-state index in [2.05, 4.69) is 16.8 Å². The highest BCUT2D eigenvalue weighted by Gasteiger charge is 2.50. The Labute approximate surface area is 102 Å². The van der Waals surface area contributed by atoms with E-state index in [9.17, 15) is 10.1 Å². The summed E-state index contributed by atoms with van der Waals surface area (Å²) >= 11 is 0. The third kappa shape index (κ3) is 2.58. The first-order valence-electron chi connectivity index (χ1n) is 5.77. The maximum Gasteiger partial charge on any atom is 0.289 e. The quantitative estimate of drug-likeness (QED) is 0.432. The highest BCUT2D eigenvalue weighted by Crippen LogP contribution is 2.27. The highest BCUT2D eigenvalue weighted by molar-refractivity contribution is 5.09. The van der Waals surface area contributed by atoms with Gasteiger partial charge >= 0.3 is 0 Å². The molecule has 0 aliphatic carbocycles. The van der Waals surface area contributed by atoms with Crippen LogP contribution in [0.25, 0.3) is 0 Å². The van der Waals surface area contributed by atoms with Crippen LogP contribution in [0.2, 0.25) is 0 Å². The van der Waals surface area contributed by atoms with Gasteiger partial charge in [-0.05, 0) is 6.92 Å². The van der Waals surface area contributed by atoms with Crippen LogP contribution in [-0.2, 0) is 4.74 Å². The molecule has 6 heteroatoms. The number of piperazine rings is 1. The normalized spacial score (nSPS) is 22.5. The van der Waals surface area contributed by atoms with Gasteiger partial charge in [0.2, 0.25) is 0 Å². The topological polar surface area (TPSA) is 67.6 Å². The van der Waals surface area contributed by atoms with E-state index < -0.39 is 5.54 Å². The molecule has 1 aliphatic rings. The fourth-order valence-corrected chi connectivity index (χ4v) is 2.12. The zero-order valence-corrected chi connectivity index (χ0v) is 10.7. The molecule has 1 rings (SSSR count). The van der Waals surface area contributed by atoms with E-state index in [1.165, 1.54) is 7.11 Å². The number of nitrogens with zero attached hydrogens (tertiary/aromatic N) is 2. The van der Waals surface area contributed by atoms with Gasteiger partial charge in [0.15, 0.2) is 5.76 Å². The fraction of sp³-hybridized carbons (Fsp3) is 0.818. The van der Waals surface area contributed by atoms with Gasteiger partial charge in [-0.25, -0.2) is 0 Å². The zero-order chi connectivity index (χ0) is 13.1. The van der Waals surface area contributed by atoms with E-state index in [1.54, 1.807) is 6.92 Å². The Kier molecular flexibility index (Phi) is 4.47. The van der Waals surface area contributed by atoms with Gasteiger partial charge in [0, 0.05) is 38.0 Å². The van der Waals surface area contributed by atoms with Crippen LogP contribution in [0.5, 0.6) is 0 Å². The van der Waals surface area contributed by atoms with Crippen LogP contribution in [0, 0.1) is 10.1 Å². The number of nitrogens with one attached hydrogen (secondary N) is 1. The second-order valence-corrected chi connectivity index (χ2v) is 4.49. The zero-order valence-electron chi connectivity index (χ0n) is 10.7. The van der Waals surface area contributed by atoms with Crippen molar-refractivity contribution in [3.63, 3.8) is 0 Å². The van der Waals surface area contributed by atoms with E-state index in [4.69, 9.17) is 4.74 Å². The summed E-state index contributed by atoms with van der Waals surface area (Å²) in [6.07, 6.45) is 0. The number of nitro groups is 1. The van der Waals surface area contributed by atoms with Gasteiger partial charge in [-0.1, -0.05) is 6.58 Å². The van der Waals surface area contributed by atoms with E-state index >= 15 is 0 Å². The molecule has 98 valence electrons. The number of hydrogen-bond donors (Lipinski definition) is 1. The second kappa shape index (κ2) is 5.46. The number of rotatable bonds is 5. The number of ether oxygens (including phenoxy) is 1. The summed E-state index contributed by atoms with van der Waals surface area (Å²) in [7, 11) is 1.43. The summed E-state index contributed by atoms with van der Waals surface area (Å²) in [5.41, 5.74) is -1.27. The second-order valence-electron chi connectivity index (χ2n) is 4.49. The van der Waals surface area contributed by atoms with Crippen molar-refractivity contribution >= 4 is 0 Å². The van der Waals surface area contributed by atoms with Crippen LogP contribution in [0.4, 0.5) is 0 Å². The van der Waals surface area contributed by atoms with Crippen LogP contribution in [0.15, 0.2) is 12.3 Å². The number of hydrogen-bond acceptors (Lipinski definition) is 5. The summed E-state index contributed by atoms with van der Waals surface area (Å²) < 4.78 is 5.01. The van der Waals surface area contributed by atoms with Crippen LogP contribution >= 0.6 is 0 Å². The van der Waals surface area contributed by atoms with E-state index in [1.807, 2.05) is 6.92 Å². The first-order valence-corrected chi connectivity index (χ1v) is 5.77. The third-order valence-electron chi connectivity index (χ3n) is 3.70. The largest absolute Gasteiger partial charge is 0.494 e. The molecule has 0 bridgehead atoms. The van der Waals surface area contributed by atoms with Gasteiger partial charge in [0.25, 0.3) is 5.54 Å². The Morgan fingerprint density at radius 3 is 2.53 bits per heavy atom. The molecule has 1 saturated heterocycles. The first-order chi connectivity index (χ1) is 7.94. The molecule has 2 atom stereocenters. The minimum absolute atomic E-state index is 0.202. The van der Waals surface area contributed by atoms with Gasteiger partial charge in [-0.2, -0.15) is 0 Å². The first kappa shape index (κ1) is 13.9. The van der Waals surface area contributed by atoms with Crippen LogP contribution < -0.4 is 5.32 Å². The molecule has 0 aromatic carbocycles. The predicted octanol–water partition coefficient (Wildman–Crippen LogP) is 0.476. The molecule has 0 saturated carbocycles. The van der Waals surface area contributed by atoms with E-state index in [0.717, 1.165) is 26.2 Å². The lowest BCUT2D eigenvalue weighted by Gasteiger charge is -2.38. The molecule has 0 radical (unpaired) electrons. The Hall–Kier alpha value is -1.14. The maximum atomic E-state index is 11.3. The lowest BCUT2D eigenvalue weighted by atomic mass is 9.90. The summed E-state index contributed by atoms with van der Waals surface area (Å²) in [6, 6.07) is -0.243. The SMILES string of the molecule is C=C(OC)C(C)([C@H](C)N1CCNCC1)[N+](=O)[O-]. The molecule has 1 fully saturated rings. The average molecular weight is 243 g/mol. The summed E-state index contributed by atoms with van der Waals surface area (Å²) in [5, 5.41) is 14.6. The van der Waals surface area contributed by atoms with Crippen molar-refractivity contribution in [2.24, 2.45) is 0 Å². The molecule has 1 unspecified atom stereocenters. The molecular weight excluding hydrogens is 222 g/mol. The lowest BCUT2D eigenvalue weighted by molar-refractivity contribution is -0.566. The average Bonchev–Trinajstić information content (AvgIpc) is 2.36. The Balaban J connectivity index is 2.89. The highest BCUT2D eigenvalue weighted by atomic mass is 16.6. The molecule has 0 aromatic rings. The summed E-state index contributed by atoms with van der Waals surface area (Å²) in [6.45, 7) is 10.4. The Bertz CT molecular complexity index is 302. The molecule has 1 N–H and O–H groups in total. The predicted molar refractivity (Wildman–Crippen MR) is 65.5 cm³/mol. The van der Waals surface area contributed by atoms with E-state index in [-0.39, 0.29) is 16.7 Å². The standard InChI is InChI=1S/C11H21N3O3/c1-9(13-7-5-12-6-8-13)11(3,14(15)16)10(2)17-4/h9,12H,2,5-8H2,1,3-4H3/t9-,11?/m0/s1. The monoisotopic (exact) mass is 243 g/mol. The minimum Gasteiger partial charge on any atom is -0.494 e. The molecule has 1 aliphatic heterocycles. The lowest BCUT2D eigenvalue weighted by Crippen LogP contribution is -2.59. The van der Waals surface area contributed by atoms with Crippen LogP contribution in [0.3, 0.4) is 0 Å². The van der Waals surface area contributed by atoms with Gasteiger partial charge < -0.3 is 10.1 Å². The Morgan fingerprint density at radius 1 is 1.59 bits per heavy atom. The fourth-order valence-electron chi connectivity index (χ4n) is 2.12. The van der Waals surface area contributed by atoms with Crippen molar-refractivity contribution in [3.05, 3.63) is 22.5 Å². The van der Waals surface area contributed by atoms with Crippen LogP contribution in [-0.4, -0.2) is 54.7 Å². The Morgan fingerprint density at radius 2 is 2.12 bits per heavy atom. The molecule has 0 spiro atoms. The van der Waals surface area contributed by atoms with Gasteiger partial charge in [0.05, 0.1) is 13.2 Å². The third-order valence-corrected chi connectivity index (χ3v) is 3.70. The summed E-state index contributed by atoms with van der Waals surface area (Å²) in [5.74, 6) is 0.202. The number of methoxy groups -OCH3 is 1. The van der Waals surface area contributed by atoms with Crippen molar-refractivity contribution in [1.29, 1.82) is 0 Å². The van der Waals surface area contributed by atoms with E-state index in [0.29, 0.717) is 0 Å². The molecular formula is C11H21N3O3. The van der Waals surface area contributed by atoms with Crippen LogP contribution in [0.1, 0.15) is 13.8 Å². The van der Waals surface area contributed by atoms with Crippen molar-refractivity contribution in [3.8, 4) is 0 Å². The van der Waals surface area contributed by atoms with Gasteiger partial charge in [-0.3, -0.25) is 15.0 Å². The van der Waals surface area contributed by atoms with Crippen molar-refractivity contribution in [1.82, 2.24) is 10.2 Å². The van der Waals surface area contributed by atoms with Crippen molar-refractivity contribution < 1.29 is 9.66 Å². The van der Waals surface area contributed by atoms with Gasteiger partial charge in [0.1, 0.15) is 0 Å². The maximum absolute atomic E-state index is 11.3. The van der Waals surface area contributed by atoms with Gasteiger partial charge in [-0.15, -0.1) is 0 Å². The van der Waals surface area contributed by atoms with Crippen molar-refractivity contribution in [2.75, 3.05) is 33.3 Å².